The Bertz CT molecular complexity index is 1080. The number of rotatable bonds is 7. The number of carbonyl (C=O) groups is 2. The molecule has 3 aromatic carbocycles. The van der Waals surface area contributed by atoms with E-state index < -0.39 is 18.1 Å². The Balaban J connectivity index is 1.51. The second-order valence-corrected chi connectivity index (χ2v) is 6.81. The summed E-state index contributed by atoms with van der Waals surface area (Å²) in [5, 5.41) is 5.42. The summed E-state index contributed by atoms with van der Waals surface area (Å²) < 4.78 is 53.3. The van der Waals surface area contributed by atoms with Gasteiger partial charge in [0, 0.05) is 17.8 Å². The molecule has 0 radical (unpaired) electrons. The molecule has 2 amide bonds. The zero-order chi connectivity index (χ0) is 23.1. The summed E-state index contributed by atoms with van der Waals surface area (Å²) >= 11 is 0. The molecule has 0 spiro atoms. The van der Waals surface area contributed by atoms with Crippen molar-refractivity contribution in [2.75, 3.05) is 5.32 Å². The van der Waals surface area contributed by atoms with Crippen molar-refractivity contribution >= 4 is 17.5 Å². The second kappa shape index (κ2) is 9.95. The van der Waals surface area contributed by atoms with Crippen molar-refractivity contribution in [2.24, 2.45) is 0 Å². The third-order valence-corrected chi connectivity index (χ3v) is 4.30. The molecule has 2 N–H and O–H groups in total. The van der Waals surface area contributed by atoms with Gasteiger partial charge in [0.05, 0.1) is 6.42 Å². The second-order valence-electron chi connectivity index (χ2n) is 6.81. The van der Waals surface area contributed by atoms with Gasteiger partial charge in [-0.25, -0.2) is 4.39 Å². The van der Waals surface area contributed by atoms with Crippen LogP contribution >= 0.6 is 0 Å². The molecule has 0 aliphatic rings. The van der Waals surface area contributed by atoms with Crippen LogP contribution in [0.5, 0.6) is 5.75 Å². The van der Waals surface area contributed by atoms with Gasteiger partial charge in [0.2, 0.25) is 5.91 Å². The van der Waals surface area contributed by atoms with Crippen LogP contribution in [-0.4, -0.2) is 18.2 Å². The van der Waals surface area contributed by atoms with E-state index in [4.69, 9.17) is 0 Å². The molecule has 0 aliphatic heterocycles. The van der Waals surface area contributed by atoms with E-state index in [1.54, 1.807) is 24.3 Å². The van der Waals surface area contributed by atoms with Gasteiger partial charge in [-0.2, -0.15) is 0 Å². The lowest BCUT2D eigenvalue weighted by molar-refractivity contribution is -0.274. The van der Waals surface area contributed by atoms with E-state index in [1.807, 2.05) is 0 Å². The molecule has 0 unspecified atom stereocenters. The molecule has 3 aromatic rings. The summed E-state index contributed by atoms with van der Waals surface area (Å²) in [6.07, 6.45) is -4.79. The molecule has 0 saturated carbocycles. The third-order valence-electron chi connectivity index (χ3n) is 4.30. The van der Waals surface area contributed by atoms with E-state index in [0.29, 0.717) is 16.8 Å². The number of hydrogen-bond acceptors (Lipinski definition) is 3. The van der Waals surface area contributed by atoms with Gasteiger partial charge in [-0.05, 0) is 59.7 Å². The summed E-state index contributed by atoms with van der Waals surface area (Å²) in [5.74, 6) is -1.52. The third kappa shape index (κ3) is 7.12. The fourth-order valence-electron chi connectivity index (χ4n) is 2.82. The fourth-order valence-corrected chi connectivity index (χ4v) is 2.82. The van der Waals surface area contributed by atoms with Crippen LogP contribution in [0.3, 0.4) is 0 Å². The van der Waals surface area contributed by atoms with Crippen LogP contribution in [-0.2, 0) is 17.8 Å². The van der Waals surface area contributed by atoms with Gasteiger partial charge < -0.3 is 15.4 Å². The Hall–Kier alpha value is -3.88. The van der Waals surface area contributed by atoms with Crippen molar-refractivity contribution in [3.63, 3.8) is 0 Å². The predicted molar refractivity (Wildman–Crippen MR) is 109 cm³/mol. The quantitative estimate of drug-likeness (QED) is 0.511. The maximum absolute atomic E-state index is 13.0. The smallest absolute Gasteiger partial charge is 0.406 e. The Morgan fingerprint density at radius 2 is 1.56 bits per heavy atom. The standard InChI is InChI=1S/C23H18F4N2O3/c24-18-8-6-17(7-9-18)22(31)29-19-3-1-2-16(12-19)14-28-21(30)13-15-4-10-20(11-5-15)32-23(25,26)27/h1-12H,13-14H2,(H,28,30)(H,29,31). The Morgan fingerprint density at radius 1 is 0.875 bits per heavy atom. The van der Waals surface area contributed by atoms with Crippen molar-refractivity contribution in [2.45, 2.75) is 19.3 Å². The first-order valence-corrected chi connectivity index (χ1v) is 9.45. The molecular formula is C23H18F4N2O3. The summed E-state index contributed by atoms with van der Waals surface area (Å²) in [4.78, 5) is 24.4. The van der Waals surface area contributed by atoms with Crippen molar-refractivity contribution in [1.29, 1.82) is 0 Å². The van der Waals surface area contributed by atoms with Gasteiger partial charge in [-0.1, -0.05) is 24.3 Å². The molecule has 0 fully saturated rings. The largest absolute Gasteiger partial charge is 0.573 e. The first-order chi connectivity index (χ1) is 15.2. The average molecular weight is 446 g/mol. The van der Waals surface area contributed by atoms with E-state index in [0.717, 1.165) is 17.7 Å². The molecular weight excluding hydrogens is 428 g/mol. The predicted octanol–water partition coefficient (Wildman–Crippen LogP) is 4.84. The van der Waals surface area contributed by atoms with Gasteiger partial charge in [0.25, 0.3) is 5.91 Å². The minimum absolute atomic E-state index is 0.0205. The summed E-state index contributed by atoms with van der Waals surface area (Å²) in [6, 6.07) is 17.0. The number of anilines is 1. The number of amides is 2. The van der Waals surface area contributed by atoms with Crippen LogP contribution in [0.4, 0.5) is 23.2 Å². The molecule has 0 heterocycles. The molecule has 9 heteroatoms. The lowest BCUT2D eigenvalue weighted by Crippen LogP contribution is -2.24. The van der Waals surface area contributed by atoms with Crippen molar-refractivity contribution in [3.8, 4) is 5.75 Å². The lowest BCUT2D eigenvalue weighted by atomic mass is 10.1. The van der Waals surface area contributed by atoms with E-state index in [1.165, 1.54) is 36.4 Å². The lowest BCUT2D eigenvalue weighted by Gasteiger charge is -2.10. The topological polar surface area (TPSA) is 67.4 Å². The van der Waals surface area contributed by atoms with Crippen LogP contribution in [0.2, 0.25) is 0 Å². The van der Waals surface area contributed by atoms with Gasteiger partial charge in [0.15, 0.2) is 0 Å². The molecule has 32 heavy (non-hydrogen) atoms. The first-order valence-electron chi connectivity index (χ1n) is 9.45. The van der Waals surface area contributed by atoms with Crippen molar-refractivity contribution in [3.05, 3.63) is 95.3 Å². The Kier molecular flexibility index (Phi) is 7.09. The number of alkyl halides is 3. The fraction of sp³-hybridized carbons (Fsp3) is 0.130. The number of nitrogens with one attached hydrogen (secondary N) is 2. The van der Waals surface area contributed by atoms with Crippen LogP contribution < -0.4 is 15.4 Å². The minimum Gasteiger partial charge on any atom is -0.406 e. The number of halogens is 4. The monoisotopic (exact) mass is 446 g/mol. The number of hydrogen-bond donors (Lipinski definition) is 2. The maximum atomic E-state index is 13.0. The summed E-state index contributed by atoms with van der Waals surface area (Å²) in [5.41, 5.74) is 2.06. The molecule has 0 aliphatic carbocycles. The van der Waals surface area contributed by atoms with E-state index in [-0.39, 0.29) is 24.6 Å². The average Bonchev–Trinajstić information content (AvgIpc) is 2.73. The Labute approximate surface area is 181 Å². The number of carbonyl (C=O) groups excluding carboxylic acids is 2. The van der Waals surface area contributed by atoms with Crippen LogP contribution in [0.1, 0.15) is 21.5 Å². The minimum atomic E-state index is -4.77. The van der Waals surface area contributed by atoms with Gasteiger partial charge in [0.1, 0.15) is 11.6 Å². The molecule has 3 rings (SSSR count). The molecule has 166 valence electrons. The summed E-state index contributed by atoms with van der Waals surface area (Å²) in [7, 11) is 0. The molecule has 0 bridgehead atoms. The van der Waals surface area contributed by atoms with Gasteiger partial charge >= 0.3 is 6.36 Å². The van der Waals surface area contributed by atoms with Crippen LogP contribution in [0.15, 0.2) is 72.8 Å². The Morgan fingerprint density at radius 3 is 2.22 bits per heavy atom. The highest BCUT2D eigenvalue weighted by molar-refractivity contribution is 6.04. The normalized spacial score (nSPS) is 11.0. The van der Waals surface area contributed by atoms with Crippen molar-refractivity contribution in [1.82, 2.24) is 5.32 Å². The molecule has 0 aromatic heterocycles. The number of ether oxygens (including phenoxy) is 1. The maximum Gasteiger partial charge on any atom is 0.573 e. The SMILES string of the molecule is O=C(Cc1ccc(OC(F)(F)F)cc1)NCc1cccc(NC(=O)c2ccc(F)cc2)c1. The van der Waals surface area contributed by atoms with Gasteiger partial charge in [-0.15, -0.1) is 13.2 Å². The van der Waals surface area contributed by atoms with E-state index >= 15 is 0 Å². The summed E-state index contributed by atoms with van der Waals surface area (Å²) in [6.45, 7) is 0.189. The molecule has 0 atom stereocenters. The first kappa shape index (κ1) is 22.8. The van der Waals surface area contributed by atoms with E-state index in [2.05, 4.69) is 15.4 Å². The highest BCUT2D eigenvalue weighted by Crippen LogP contribution is 2.22. The van der Waals surface area contributed by atoms with E-state index in [9.17, 15) is 27.2 Å². The molecule has 5 nitrogen and oxygen atoms in total. The van der Waals surface area contributed by atoms with Crippen molar-refractivity contribution < 1.29 is 31.9 Å². The van der Waals surface area contributed by atoms with Gasteiger partial charge in [-0.3, -0.25) is 9.59 Å². The zero-order valence-corrected chi connectivity index (χ0v) is 16.6. The highest BCUT2D eigenvalue weighted by Gasteiger charge is 2.30. The zero-order valence-electron chi connectivity index (χ0n) is 16.6. The number of benzene rings is 3. The highest BCUT2D eigenvalue weighted by atomic mass is 19.4. The van der Waals surface area contributed by atoms with Crippen LogP contribution in [0.25, 0.3) is 0 Å². The molecule has 0 saturated heterocycles. The van der Waals surface area contributed by atoms with Crippen LogP contribution in [0, 0.1) is 5.82 Å².